The molecule has 5 heteroatoms. The number of carbonyl (C=O) groups is 1. The molecule has 0 aliphatic rings. The Morgan fingerprint density at radius 1 is 1.10 bits per heavy atom. The van der Waals surface area contributed by atoms with Crippen LogP contribution in [-0.2, 0) is 4.84 Å². The predicted octanol–water partition coefficient (Wildman–Crippen LogP) is 3.27. The molecule has 0 unspecified atom stereocenters. The van der Waals surface area contributed by atoms with Crippen molar-refractivity contribution in [1.29, 1.82) is 0 Å². The van der Waals surface area contributed by atoms with Gasteiger partial charge in [-0.25, -0.2) is 13.8 Å². The van der Waals surface area contributed by atoms with E-state index in [9.17, 15) is 13.6 Å². The van der Waals surface area contributed by atoms with Gasteiger partial charge in [0.05, 0.1) is 12.7 Å². The Morgan fingerprint density at radius 3 is 2.35 bits per heavy atom. The van der Waals surface area contributed by atoms with Crippen LogP contribution in [0.2, 0.25) is 0 Å². The second kappa shape index (κ2) is 5.79. The number of hydrogen-bond donors (Lipinski definition) is 0. The Kier molecular flexibility index (Phi) is 4.10. The standard InChI is InChI=1S/C15H13F2NO2/c1-18(20-2)15(19)13-11(8-9-12(16)14(13)17)10-6-4-3-5-7-10/h3-9H,1-2H3. The van der Waals surface area contributed by atoms with Crippen LogP contribution < -0.4 is 0 Å². The lowest BCUT2D eigenvalue weighted by Crippen LogP contribution is -2.27. The molecule has 3 nitrogen and oxygen atoms in total. The van der Waals surface area contributed by atoms with Crippen molar-refractivity contribution in [3.63, 3.8) is 0 Å². The van der Waals surface area contributed by atoms with Crippen molar-refractivity contribution in [2.75, 3.05) is 14.2 Å². The molecule has 0 aliphatic carbocycles. The number of halogens is 2. The Labute approximate surface area is 115 Å². The van der Waals surface area contributed by atoms with Gasteiger partial charge in [0, 0.05) is 7.05 Å². The summed E-state index contributed by atoms with van der Waals surface area (Å²) in [4.78, 5) is 16.9. The zero-order chi connectivity index (χ0) is 14.7. The molecule has 0 fully saturated rings. The smallest absolute Gasteiger partial charge is 0.274 e. The number of hydrogen-bond acceptors (Lipinski definition) is 2. The number of hydroxylamine groups is 2. The number of nitrogens with zero attached hydrogens (tertiary/aromatic N) is 1. The summed E-state index contributed by atoms with van der Waals surface area (Å²) in [5.41, 5.74) is 0.596. The lowest BCUT2D eigenvalue weighted by molar-refractivity contribution is -0.0759. The van der Waals surface area contributed by atoms with Crippen molar-refractivity contribution in [1.82, 2.24) is 5.06 Å². The molecular formula is C15H13F2NO2. The summed E-state index contributed by atoms with van der Waals surface area (Å²) >= 11 is 0. The fourth-order valence-electron chi connectivity index (χ4n) is 1.86. The van der Waals surface area contributed by atoms with E-state index < -0.39 is 17.5 Å². The van der Waals surface area contributed by atoms with Gasteiger partial charge >= 0.3 is 0 Å². The van der Waals surface area contributed by atoms with Crippen LogP contribution in [0.5, 0.6) is 0 Å². The van der Waals surface area contributed by atoms with E-state index in [1.807, 2.05) is 0 Å². The Morgan fingerprint density at radius 2 is 1.75 bits per heavy atom. The molecule has 2 aromatic rings. The topological polar surface area (TPSA) is 29.5 Å². The summed E-state index contributed by atoms with van der Waals surface area (Å²) in [5, 5.41) is 0.851. The van der Waals surface area contributed by atoms with E-state index in [0.717, 1.165) is 11.1 Å². The van der Waals surface area contributed by atoms with Crippen molar-refractivity contribution >= 4 is 5.91 Å². The van der Waals surface area contributed by atoms with E-state index in [1.165, 1.54) is 20.2 Å². The fraction of sp³-hybridized carbons (Fsp3) is 0.133. The molecule has 0 radical (unpaired) electrons. The molecule has 0 atom stereocenters. The van der Waals surface area contributed by atoms with Crippen LogP contribution >= 0.6 is 0 Å². The molecule has 2 rings (SSSR count). The Hall–Kier alpha value is -2.27. The van der Waals surface area contributed by atoms with Gasteiger partial charge in [0.2, 0.25) is 0 Å². The molecule has 0 aromatic heterocycles. The van der Waals surface area contributed by atoms with Gasteiger partial charge in [-0.15, -0.1) is 0 Å². The van der Waals surface area contributed by atoms with Gasteiger partial charge in [0.25, 0.3) is 5.91 Å². The molecule has 104 valence electrons. The first kappa shape index (κ1) is 14.1. The summed E-state index contributed by atoms with van der Waals surface area (Å²) in [6, 6.07) is 11.1. The van der Waals surface area contributed by atoms with Crippen molar-refractivity contribution < 1.29 is 18.4 Å². The van der Waals surface area contributed by atoms with Gasteiger partial charge in [-0.05, 0) is 17.2 Å². The number of rotatable bonds is 3. The zero-order valence-corrected chi connectivity index (χ0v) is 11.1. The summed E-state index contributed by atoms with van der Waals surface area (Å²) in [6.45, 7) is 0. The van der Waals surface area contributed by atoms with Crippen LogP contribution in [0.3, 0.4) is 0 Å². The first-order valence-corrected chi connectivity index (χ1v) is 5.92. The molecule has 1 amide bonds. The molecule has 0 saturated heterocycles. The molecule has 0 heterocycles. The van der Waals surface area contributed by atoms with E-state index in [2.05, 4.69) is 0 Å². The van der Waals surface area contributed by atoms with Crippen LogP contribution in [0.1, 0.15) is 10.4 Å². The third-order valence-electron chi connectivity index (χ3n) is 2.95. The maximum absolute atomic E-state index is 14.0. The maximum Gasteiger partial charge on any atom is 0.280 e. The van der Waals surface area contributed by atoms with E-state index in [-0.39, 0.29) is 5.56 Å². The lowest BCUT2D eigenvalue weighted by atomic mass is 9.98. The first-order chi connectivity index (χ1) is 9.56. The second-order valence-corrected chi connectivity index (χ2v) is 4.14. The molecule has 0 aliphatic heterocycles. The molecule has 0 N–H and O–H groups in total. The minimum absolute atomic E-state index is 0.318. The molecule has 20 heavy (non-hydrogen) atoms. The molecule has 2 aromatic carbocycles. The highest BCUT2D eigenvalue weighted by Crippen LogP contribution is 2.28. The number of carbonyl (C=O) groups excluding carboxylic acids is 1. The monoisotopic (exact) mass is 277 g/mol. The zero-order valence-electron chi connectivity index (χ0n) is 11.1. The van der Waals surface area contributed by atoms with Crippen LogP contribution in [0.4, 0.5) is 8.78 Å². The Balaban J connectivity index is 2.64. The SMILES string of the molecule is CON(C)C(=O)c1c(-c2ccccc2)ccc(F)c1F. The van der Waals surface area contributed by atoms with Crippen molar-refractivity contribution in [3.05, 3.63) is 59.7 Å². The molecular weight excluding hydrogens is 264 g/mol. The van der Waals surface area contributed by atoms with Crippen molar-refractivity contribution in [2.45, 2.75) is 0 Å². The van der Waals surface area contributed by atoms with Crippen LogP contribution in [0, 0.1) is 11.6 Å². The predicted molar refractivity (Wildman–Crippen MR) is 70.9 cm³/mol. The average Bonchev–Trinajstić information content (AvgIpc) is 2.49. The average molecular weight is 277 g/mol. The minimum Gasteiger partial charge on any atom is -0.274 e. The quantitative estimate of drug-likeness (QED) is 0.806. The number of benzene rings is 2. The van der Waals surface area contributed by atoms with E-state index in [4.69, 9.17) is 4.84 Å². The highest BCUT2D eigenvalue weighted by atomic mass is 19.2. The maximum atomic E-state index is 14.0. The highest BCUT2D eigenvalue weighted by molar-refractivity contribution is 6.00. The molecule has 0 bridgehead atoms. The van der Waals surface area contributed by atoms with E-state index in [0.29, 0.717) is 11.1 Å². The lowest BCUT2D eigenvalue weighted by Gasteiger charge is -2.17. The van der Waals surface area contributed by atoms with Gasteiger partial charge in [-0.2, -0.15) is 0 Å². The van der Waals surface area contributed by atoms with Crippen molar-refractivity contribution in [2.24, 2.45) is 0 Å². The van der Waals surface area contributed by atoms with Crippen LogP contribution in [-0.4, -0.2) is 25.1 Å². The van der Waals surface area contributed by atoms with Crippen molar-refractivity contribution in [3.8, 4) is 11.1 Å². The van der Waals surface area contributed by atoms with E-state index >= 15 is 0 Å². The third-order valence-corrected chi connectivity index (χ3v) is 2.95. The van der Waals surface area contributed by atoms with Crippen LogP contribution in [0.15, 0.2) is 42.5 Å². The normalized spacial score (nSPS) is 10.4. The number of amides is 1. The van der Waals surface area contributed by atoms with E-state index in [1.54, 1.807) is 30.3 Å². The molecule has 0 saturated carbocycles. The third kappa shape index (κ3) is 2.53. The van der Waals surface area contributed by atoms with Gasteiger partial charge in [-0.1, -0.05) is 36.4 Å². The van der Waals surface area contributed by atoms with Gasteiger partial charge in [0.15, 0.2) is 11.6 Å². The summed E-state index contributed by atoms with van der Waals surface area (Å²) < 4.78 is 27.4. The minimum atomic E-state index is -1.18. The second-order valence-electron chi connectivity index (χ2n) is 4.14. The summed E-state index contributed by atoms with van der Waals surface area (Å²) in [7, 11) is 2.61. The fourth-order valence-corrected chi connectivity index (χ4v) is 1.86. The first-order valence-electron chi connectivity index (χ1n) is 5.92. The van der Waals surface area contributed by atoms with Gasteiger partial charge in [0.1, 0.15) is 0 Å². The van der Waals surface area contributed by atoms with Gasteiger partial charge in [-0.3, -0.25) is 9.63 Å². The summed E-state index contributed by atoms with van der Waals surface area (Å²) in [6.07, 6.45) is 0. The largest absolute Gasteiger partial charge is 0.280 e. The highest BCUT2D eigenvalue weighted by Gasteiger charge is 2.24. The Bertz CT molecular complexity index is 629. The summed E-state index contributed by atoms with van der Waals surface area (Å²) in [5.74, 6) is -3.00. The molecule has 0 spiro atoms. The van der Waals surface area contributed by atoms with Gasteiger partial charge < -0.3 is 0 Å². The van der Waals surface area contributed by atoms with Crippen LogP contribution in [0.25, 0.3) is 11.1 Å².